The summed E-state index contributed by atoms with van der Waals surface area (Å²) in [5.74, 6) is 0.131. The second kappa shape index (κ2) is 5.43. The zero-order valence-corrected chi connectivity index (χ0v) is 12.7. The molecule has 114 valence electrons. The van der Waals surface area contributed by atoms with Crippen molar-refractivity contribution in [1.82, 2.24) is 9.55 Å². The minimum absolute atomic E-state index is 0.104. The Balaban J connectivity index is 2.18. The smallest absolute Gasteiger partial charge is 0.252 e. The molecule has 2 atom stereocenters. The largest absolute Gasteiger partial charge is 0.393 e. The van der Waals surface area contributed by atoms with Crippen LogP contribution in [0.4, 0.5) is 5.69 Å². The lowest BCUT2D eigenvalue weighted by Gasteiger charge is -2.36. The van der Waals surface area contributed by atoms with Crippen LogP contribution in [0.1, 0.15) is 19.0 Å². The van der Waals surface area contributed by atoms with Crippen LogP contribution in [0.25, 0.3) is 11.0 Å². The maximum Gasteiger partial charge on any atom is 0.252 e. The lowest BCUT2D eigenvalue weighted by atomic mass is 9.96. The predicted molar refractivity (Wildman–Crippen MR) is 83.7 cm³/mol. The number of nitriles is 1. The molecule has 0 radical (unpaired) electrons. The van der Waals surface area contributed by atoms with Crippen molar-refractivity contribution in [2.45, 2.75) is 19.4 Å². The highest BCUT2D eigenvalue weighted by atomic mass is 16.3. The second-order valence-electron chi connectivity index (χ2n) is 5.88. The third-order valence-electron chi connectivity index (χ3n) is 4.38. The predicted octanol–water partition coefficient (Wildman–Crippen LogP) is 1.01. The monoisotopic (exact) mass is 298 g/mol. The Morgan fingerprint density at radius 1 is 1.45 bits per heavy atom. The molecule has 6 heteroatoms. The molecule has 0 saturated carbocycles. The number of piperidine rings is 1. The van der Waals surface area contributed by atoms with Gasteiger partial charge in [-0.15, -0.1) is 0 Å². The van der Waals surface area contributed by atoms with Crippen molar-refractivity contribution in [3.8, 4) is 6.07 Å². The molecule has 2 aromatic rings. The number of anilines is 1. The van der Waals surface area contributed by atoms with Crippen molar-refractivity contribution in [3.05, 3.63) is 34.2 Å². The number of hydrogen-bond donors (Lipinski definition) is 1. The maximum atomic E-state index is 12.2. The minimum atomic E-state index is -0.309. The number of hydrogen-bond acceptors (Lipinski definition) is 5. The van der Waals surface area contributed by atoms with E-state index in [0.717, 1.165) is 5.69 Å². The van der Waals surface area contributed by atoms with Crippen LogP contribution in [0.15, 0.2) is 23.0 Å². The standard InChI is InChI=1S/C16H18N4O2/c1-10-9-20(6-5-14(10)21)13-7-15(22)19(2)12-4-3-11(8-17)18-16(12)13/h3-4,7,10,14,21H,5-6,9H2,1-2H3/t10-,14-/m1/s1. The number of aliphatic hydroxyl groups is 1. The van der Waals surface area contributed by atoms with E-state index < -0.39 is 0 Å². The first-order valence-electron chi connectivity index (χ1n) is 7.35. The molecule has 0 spiro atoms. The van der Waals surface area contributed by atoms with Gasteiger partial charge in [-0.3, -0.25) is 4.79 Å². The highest BCUT2D eigenvalue weighted by molar-refractivity contribution is 5.88. The Hall–Kier alpha value is -2.39. The van der Waals surface area contributed by atoms with E-state index in [1.54, 1.807) is 25.2 Å². The summed E-state index contributed by atoms with van der Waals surface area (Å²) in [6.07, 6.45) is 0.354. The Bertz CT molecular complexity index is 821. The van der Waals surface area contributed by atoms with Crippen molar-refractivity contribution in [1.29, 1.82) is 5.26 Å². The van der Waals surface area contributed by atoms with Gasteiger partial charge in [-0.2, -0.15) is 5.26 Å². The van der Waals surface area contributed by atoms with Crippen LogP contribution in [-0.4, -0.2) is 33.9 Å². The quantitative estimate of drug-likeness (QED) is 0.849. The fourth-order valence-corrected chi connectivity index (χ4v) is 2.97. The topological polar surface area (TPSA) is 82.2 Å². The van der Waals surface area contributed by atoms with E-state index in [1.807, 2.05) is 13.0 Å². The highest BCUT2D eigenvalue weighted by Gasteiger charge is 2.26. The Morgan fingerprint density at radius 3 is 2.91 bits per heavy atom. The number of nitrogens with zero attached hydrogens (tertiary/aromatic N) is 4. The fraction of sp³-hybridized carbons (Fsp3) is 0.438. The van der Waals surface area contributed by atoms with Crippen molar-refractivity contribution < 1.29 is 5.11 Å². The van der Waals surface area contributed by atoms with E-state index in [-0.39, 0.29) is 17.6 Å². The lowest BCUT2D eigenvalue weighted by Crippen LogP contribution is -2.42. The van der Waals surface area contributed by atoms with E-state index in [0.29, 0.717) is 36.2 Å². The molecule has 1 aliphatic rings. The van der Waals surface area contributed by atoms with Gasteiger partial charge in [-0.25, -0.2) is 4.98 Å². The summed E-state index contributed by atoms with van der Waals surface area (Å²) in [7, 11) is 1.70. The zero-order valence-electron chi connectivity index (χ0n) is 12.7. The van der Waals surface area contributed by atoms with Crippen molar-refractivity contribution in [2.75, 3.05) is 18.0 Å². The van der Waals surface area contributed by atoms with Crippen LogP contribution < -0.4 is 10.5 Å². The van der Waals surface area contributed by atoms with Crippen LogP contribution in [0.5, 0.6) is 0 Å². The second-order valence-corrected chi connectivity index (χ2v) is 5.88. The summed E-state index contributed by atoms with van der Waals surface area (Å²) in [6, 6.07) is 6.99. The molecule has 3 rings (SSSR count). The van der Waals surface area contributed by atoms with Crippen LogP contribution in [0.2, 0.25) is 0 Å². The molecule has 2 aromatic heterocycles. The average molecular weight is 298 g/mol. The van der Waals surface area contributed by atoms with Gasteiger partial charge in [0, 0.05) is 26.2 Å². The van der Waals surface area contributed by atoms with Gasteiger partial charge < -0.3 is 14.6 Å². The Morgan fingerprint density at radius 2 is 2.23 bits per heavy atom. The molecule has 0 aliphatic carbocycles. The summed E-state index contributed by atoms with van der Waals surface area (Å²) >= 11 is 0. The van der Waals surface area contributed by atoms with E-state index in [2.05, 4.69) is 9.88 Å². The van der Waals surface area contributed by atoms with Gasteiger partial charge >= 0.3 is 0 Å². The molecule has 0 aromatic carbocycles. The lowest BCUT2D eigenvalue weighted by molar-refractivity contribution is 0.0971. The maximum absolute atomic E-state index is 12.2. The molecular formula is C16H18N4O2. The molecule has 1 saturated heterocycles. The number of pyridine rings is 2. The van der Waals surface area contributed by atoms with E-state index in [9.17, 15) is 9.90 Å². The molecule has 0 unspecified atom stereocenters. The Kier molecular flexibility index (Phi) is 3.59. The average Bonchev–Trinajstić information content (AvgIpc) is 2.53. The summed E-state index contributed by atoms with van der Waals surface area (Å²) in [5.41, 5.74) is 2.34. The normalized spacial score (nSPS) is 21.8. The van der Waals surface area contributed by atoms with Gasteiger partial charge in [-0.1, -0.05) is 6.92 Å². The number of aryl methyl sites for hydroxylation is 1. The number of fused-ring (bicyclic) bond motifs is 1. The van der Waals surface area contributed by atoms with E-state index in [1.165, 1.54) is 4.57 Å². The van der Waals surface area contributed by atoms with Crippen LogP contribution in [0.3, 0.4) is 0 Å². The summed E-state index contributed by atoms with van der Waals surface area (Å²) < 4.78 is 1.54. The highest BCUT2D eigenvalue weighted by Crippen LogP contribution is 2.28. The first-order chi connectivity index (χ1) is 10.5. The van der Waals surface area contributed by atoms with Crippen LogP contribution >= 0.6 is 0 Å². The van der Waals surface area contributed by atoms with Crippen molar-refractivity contribution in [3.63, 3.8) is 0 Å². The number of aromatic nitrogens is 2. The first-order valence-corrected chi connectivity index (χ1v) is 7.35. The van der Waals surface area contributed by atoms with Gasteiger partial charge in [0.2, 0.25) is 0 Å². The van der Waals surface area contributed by atoms with E-state index >= 15 is 0 Å². The van der Waals surface area contributed by atoms with E-state index in [4.69, 9.17) is 5.26 Å². The zero-order chi connectivity index (χ0) is 15.9. The molecule has 0 bridgehead atoms. The first kappa shape index (κ1) is 14.5. The molecule has 0 amide bonds. The van der Waals surface area contributed by atoms with Gasteiger partial charge in [-0.05, 0) is 24.5 Å². The summed E-state index contributed by atoms with van der Waals surface area (Å²) in [4.78, 5) is 18.7. The van der Waals surface area contributed by atoms with Crippen LogP contribution in [-0.2, 0) is 7.05 Å². The molecule has 6 nitrogen and oxygen atoms in total. The number of aliphatic hydroxyl groups excluding tert-OH is 1. The molecule has 1 N–H and O–H groups in total. The Labute approximate surface area is 128 Å². The fourth-order valence-electron chi connectivity index (χ4n) is 2.97. The van der Waals surface area contributed by atoms with Crippen molar-refractivity contribution in [2.24, 2.45) is 13.0 Å². The van der Waals surface area contributed by atoms with Gasteiger partial charge in [0.25, 0.3) is 5.56 Å². The molecular weight excluding hydrogens is 280 g/mol. The molecule has 1 aliphatic heterocycles. The number of rotatable bonds is 1. The minimum Gasteiger partial charge on any atom is -0.393 e. The summed E-state index contributed by atoms with van der Waals surface area (Å²) in [6.45, 7) is 3.34. The van der Waals surface area contributed by atoms with Gasteiger partial charge in [0.05, 0.1) is 17.3 Å². The third-order valence-corrected chi connectivity index (χ3v) is 4.38. The summed E-state index contributed by atoms with van der Waals surface area (Å²) in [5, 5.41) is 19.0. The molecule has 22 heavy (non-hydrogen) atoms. The molecule has 3 heterocycles. The van der Waals surface area contributed by atoms with Crippen LogP contribution in [0, 0.1) is 17.2 Å². The van der Waals surface area contributed by atoms with Gasteiger partial charge in [0.15, 0.2) is 0 Å². The van der Waals surface area contributed by atoms with Gasteiger partial charge in [0.1, 0.15) is 17.3 Å². The SMILES string of the molecule is C[C@@H]1CN(c2cc(=O)n(C)c3ccc(C#N)nc23)CC[C@H]1O. The van der Waals surface area contributed by atoms with Crippen molar-refractivity contribution >= 4 is 16.7 Å². The molecule has 1 fully saturated rings. The third kappa shape index (κ3) is 2.34.